The molecule has 3 heterocycles. The fraction of sp³-hybridized carbons (Fsp3) is 0.562. The summed E-state index contributed by atoms with van der Waals surface area (Å²) in [4.78, 5) is 14.8. The zero-order valence-corrected chi connectivity index (χ0v) is 14.4. The summed E-state index contributed by atoms with van der Waals surface area (Å²) in [6, 6.07) is 1.87. The van der Waals surface area contributed by atoms with Crippen LogP contribution < -0.4 is 0 Å². The van der Waals surface area contributed by atoms with E-state index in [2.05, 4.69) is 24.1 Å². The van der Waals surface area contributed by atoms with Gasteiger partial charge in [-0.25, -0.2) is 0 Å². The molecule has 23 heavy (non-hydrogen) atoms. The molecule has 0 N–H and O–H groups in total. The monoisotopic (exact) mass is 336 g/mol. The van der Waals surface area contributed by atoms with E-state index in [-0.39, 0.29) is 11.9 Å². The van der Waals surface area contributed by atoms with Crippen LogP contribution in [0.5, 0.6) is 0 Å². The Morgan fingerprint density at radius 1 is 1.52 bits per heavy atom. The highest BCUT2D eigenvalue weighted by Crippen LogP contribution is 2.35. The molecule has 0 aromatic carbocycles. The second kappa shape index (κ2) is 6.35. The molecule has 1 amide bonds. The number of aromatic nitrogens is 3. The maximum atomic E-state index is 13.0. The third-order valence-corrected chi connectivity index (χ3v) is 4.55. The Labute approximate surface area is 140 Å². The van der Waals surface area contributed by atoms with Crippen molar-refractivity contribution in [2.45, 2.75) is 52.1 Å². The molecule has 1 atom stereocenters. The Balaban J connectivity index is 1.88. The predicted molar refractivity (Wildman–Crippen MR) is 86.5 cm³/mol. The van der Waals surface area contributed by atoms with Gasteiger partial charge >= 0.3 is 0 Å². The molecule has 6 nitrogen and oxygen atoms in total. The number of amides is 1. The number of carbonyl (C=O) groups excluding carboxylic acids is 1. The van der Waals surface area contributed by atoms with Crippen LogP contribution in [0.15, 0.2) is 16.8 Å². The first-order valence-electron chi connectivity index (χ1n) is 8.01. The molecule has 2 aromatic heterocycles. The Morgan fingerprint density at radius 3 is 2.96 bits per heavy atom. The van der Waals surface area contributed by atoms with Crippen LogP contribution in [0.2, 0.25) is 5.02 Å². The number of halogens is 1. The van der Waals surface area contributed by atoms with Gasteiger partial charge in [0.2, 0.25) is 0 Å². The molecule has 1 saturated heterocycles. The second-order valence-corrected chi connectivity index (χ2v) is 6.53. The van der Waals surface area contributed by atoms with E-state index >= 15 is 0 Å². The van der Waals surface area contributed by atoms with Crippen LogP contribution in [0.1, 0.15) is 67.5 Å². The zero-order valence-electron chi connectivity index (χ0n) is 13.6. The fourth-order valence-electron chi connectivity index (χ4n) is 2.99. The Hall–Kier alpha value is -1.82. The topological polar surface area (TPSA) is 64.2 Å². The van der Waals surface area contributed by atoms with E-state index in [1.165, 1.54) is 6.20 Å². The van der Waals surface area contributed by atoms with Crippen molar-refractivity contribution in [2.75, 3.05) is 6.54 Å². The van der Waals surface area contributed by atoms with Crippen molar-refractivity contribution in [3.63, 3.8) is 0 Å². The molecule has 124 valence electrons. The van der Waals surface area contributed by atoms with E-state index < -0.39 is 0 Å². The molecular weight excluding hydrogens is 316 g/mol. The molecule has 7 heteroatoms. The number of aryl methyl sites for hydroxylation is 1. The molecule has 0 unspecified atom stereocenters. The molecule has 3 rings (SSSR count). The van der Waals surface area contributed by atoms with E-state index in [0.717, 1.165) is 24.3 Å². The summed E-state index contributed by atoms with van der Waals surface area (Å²) in [7, 11) is 0. The number of carbonyl (C=O) groups is 1. The third kappa shape index (κ3) is 2.87. The lowest BCUT2D eigenvalue weighted by atomic mass is 10.1. The molecular formula is C16H21ClN4O2. The van der Waals surface area contributed by atoms with E-state index in [1.54, 1.807) is 4.68 Å². The van der Waals surface area contributed by atoms with Crippen LogP contribution in [0, 0.1) is 0 Å². The van der Waals surface area contributed by atoms with Crippen molar-refractivity contribution in [1.82, 2.24) is 19.8 Å². The van der Waals surface area contributed by atoms with E-state index in [4.69, 9.17) is 16.1 Å². The first-order valence-corrected chi connectivity index (χ1v) is 8.39. The molecule has 1 aliphatic rings. The number of nitrogens with zero attached hydrogens (tertiary/aromatic N) is 4. The first kappa shape index (κ1) is 16.1. The molecule has 0 radical (unpaired) electrons. The van der Waals surface area contributed by atoms with Crippen LogP contribution in [0.3, 0.4) is 0 Å². The lowest BCUT2D eigenvalue weighted by Gasteiger charge is -2.23. The van der Waals surface area contributed by atoms with Crippen molar-refractivity contribution >= 4 is 17.5 Å². The number of hydrogen-bond donors (Lipinski definition) is 0. The largest absolute Gasteiger partial charge is 0.359 e. The number of rotatable bonds is 4. The molecule has 0 saturated carbocycles. The average Bonchev–Trinajstić information content (AvgIpc) is 3.24. The summed E-state index contributed by atoms with van der Waals surface area (Å²) in [6.07, 6.45) is 3.33. The van der Waals surface area contributed by atoms with Gasteiger partial charge in [-0.15, -0.1) is 0 Å². The maximum Gasteiger partial charge on any atom is 0.274 e. The van der Waals surface area contributed by atoms with Crippen molar-refractivity contribution < 1.29 is 9.32 Å². The fourth-order valence-corrected chi connectivity index (χ4v) is 3.21. The minimum atomic E-state index is -0.0978. The lowest BCUT2D eigenvalue weighted by molar-refractivity contribution is 0.0702. The van der Waals surface area contributed by atoms with Gasteiger partial charge in [-0.1, -0.05) is 30.6 Å². The van der Waals surface area contributed by atoms with Gasteiger partial charge in [0, 0.05) is 19.2 Å². The Bertz CT molecular complexity index is 707. The molecule has 0 spiro atoms. The smallest absolute Gasteiger partial charge is 0.274 e. The van der Waals surface area contributed by atoms with Gasteiger partial charge in [-0.05, 0) is 25.7 Å². The van der Waals surface area contributed by atoms with Gasteiger partial charge in [0.15, 0.2) is 5.76 Å². The maximum absolute atomic E-state index is 13.0. The van der Waals surface area contributed by atoms with Crippen LogP contribution in [0.25, 0.3) is 0 Å². The first-order chi connectivity index (χ1) is 11.0. The summed E-state index contributed by atoms with van der Waals surface area (Å²) >= 11 is 6.17. The van der Waals surface area contributed by atoms with Crippen molar-refractivity contribution in [1.29, 1.82) is 0 Å². The van der Waals surface area contributed by atoms with Gasteiger partial charge in [-0.3, -0.25) is 9.48 Å². The van der Waals surface area contributed by atoms with Crippen LogP contribution in [0.4, 0.5) is 0 Å². The quantitative estimate of drug-likeness (QED) is 0.855. The van der Waals surface area contributed by atoms with Crippen LogP contribution in [-0.2, 0) is 6.54 Å². The highest BCUT2D eigenvalue weighted by atomic mass is 35.5. The van der Waals surface area contributed by atoms with Gasteiger partial charge in [0.1, 0.15) is 5.69 Å². The molecule has 0 aliphatic carbocycles. The van der Waals surface area contributed by atoms with E-state index in [0.29, 0.717) is 29.7 Å². The molecule has 2 aromatic rings. The van der Waals surface area contributed by atoms with E-state index in [9.17, 15) is 4.79 Å². The van der Waals surface area contributed by atoms with Crippen LogP contribution in [-0.4, -0.2) is 32.3 Å². The zero-order chi connectivity index (χ0) is 16.6. The van der Waals surface area contributed by atoms with Crippen molar-refractivity contribution in [3.05, 3.63) is 34.4 Å². The average molecular weight is 337 g/mol. The summed E-state index contributed by atoms with van der Waals surface area (Å²) in [5.41, 5.74) is 1.36. The Kier molecular flexibility index (Phi) is 4.43. The SMILES string of the molecule is CCn1ncc(Cl)c1C(=O)N1CCC[C@H]1c1cc(C(C)C)no1. The number of hydrogen-bond acceptors (Lipinski definition) is 4. The van der Waals surface area contributed by atoms with Crippen LogP contribution >= 0.6 is 11.6 Å². The standard InChI is InChI=1S/C16H21ClN4O2/c1-4-21-15(11(17)9-18-21)16(22)20-7-5-6-13(20)14-8-12(10(2)3)19-23-14/h8-10,13H,4-7H2,1-3H3/t13-/m0/s1. The minimum Gasteiger partial charge on any atom is -0.359 e. The number of likely N-dealkylation sites (tertiary alicyclic amines) is 1. The summed E-state index contributed by atoms with van der Waals surface area (Å²) < 4.78 is 7.13. The Morgan fingerprint density at radius 2 is 2.30 bits per heavy atom. The lowest BCUT2D eigenvalue weighted by Crippen LogP contribution is -2.32. The summed E-state index contributed by atoms with van der Waals surface area (Å²) in [6.45, 7) is 7.36. The molecule has 1 fully saturated rings. The predicted octanol–water partition coefficient (Wildman–Crippen LogP) is 3.65. The van der Waals surface area contributed by atoms with Gasteiger partial charge in [0.05, 0.1) is 23.0 Å². The van der Waals surface area contributed by atoms with Crippen molar-refractivity contribution in [2.24, 2.45) is 0 Å². The van der Waals surface area contributed by atoms with Gasteiger partial charge in [0.25, 0.3) is 5.91 Å². The highest BCUT2D eigenvalue weighted by Gasteiger charge is 2.35. The second-order valence-electron chi connectivity index (χ2n) is 6.12. The highest BCUT2D eigenvalue weighted by molar-refractivity contribution is 6.33. The molecule has 1 aliphatic heterocycles. The minimum absolute atomic E-state index is 0.0845. The summed E-state index contributed by atoms with van der Waals surface area (Å²) in [5.74, 6) is 0.951. The van der Waals surface area contributed by atoms with E-state index in [1.807, 2.05) is 17.9 Å². The van der Waals surface area contributed by atoms with Gasteiger partial charge < -0.3 is 9.42 Å². The third-order valence-electron chi connectivity index (χ3n) is 4.28. The summed E-state index contributed by atoms with van der Waals surface area (Å²) in [5, 5.41) is 8.66. The van der Waals surface area contributed by atoms with Gasteiger partial charge in [-0.2, -0.15) is 5.10 Å². The van der Waals surface area contributed by atoms with Crippen molar-refractivity contribution in [3.8, 4) is 0 Å². The normalized spacial score (nSPS) is 18.1. The molecule has 0 bridgehead atoms.